The van der Waals surface area contributed by atoms with Crippen molar-refractivity contribution in [3.8, 4) is 11.5 Å². The summed E-state index contributed by atoms with van der Waals surface area (Å²) in [6, 6.07) is 8.27. The van der Waals surface area contributed by atoms with E-state index in [1.807, 2.05) is 0 Å². The van der Waals surface area contributed by atoms with Crippen LogP contribution in [-0.4, -0.2) is 35.7 Å². The number of methoxy groups -OCH3 is 1. The molecule has 2 aliphatic heterocycles. The van der Waals surface area contributed by atoms with Crippen molar-refractivity contribution in [2.75, 3.05) is 7.11 Å². The van der Waals surface area contributed by atoms with Crippen LogP contribution in [0.5, 0.6) is 11.5 Å². The lowest BCUT2D eigenvalue weighted by Crippen LogP contribution is -2.38. The zero-order valence-corrected chi connectivity index (χ0v) is 16.3. The fraction of sp³-hybridized carbons (Fsp3) is 0.100. The van der Waals surface area contributed by atoms with Gasteiger partial charge >= 0.3 is 5.97 Å². The van der Waals surface area contributed by atoms with Crippen LogP contribution in [-0.2, 0) is 9.63 Å². The van der Waals surface area contributed by atoms with E-state index in [1.54, 1.807) is 48.7 Å². The third kappa shape index (κ3) is 3.55. The summed E-state index contributed by atoms with van der Waals surface area (Å²) < 4.78 is 10.7. The zero-order valence-electron chi connectivity index (χ0n) is 15.5. The van der Waals surface area contributed by atoms with Gasteiger partial charge in [-0.1, -0.05) is 12.1 Å². The first-order chi connectivity index (χ1) is 14.0. The molecule has 3 heterocycles. The van der Waals surface area contributed by atoms with Gasteiger partial charge in [0.05, 0.1) is 12.7 Å². The molecule has 1 aromatic heterocycles. The molecule has 9 heteroatoms. The van der Waals surface area contributed by atoms with Gasteiger partial charge in [0, 0.05) is 6.08 Å². The number of esters is 1. The first-order valence-corrected chi connectivity index (χ1v) is 9.38. The molecular formula is C20H15N3O5S. The lowest BCUT2D eigenvalue weighted by atomic mass is 10.1. The Morgan fingerprint density at radius 3 is 2.86 bits per heavy atom. The van der Waals surface area contributed by atoms with Gasteiger partial charge < -0.3 is 14.3 Å². The van der Waals surface area contributed by atoms with E-state index in [2.05, 4.69) is 4.99 Å². The van der Waals surface area contributed by atoms with Gasteiger partial charge in [-0.05, 0) is 42.1 Å². The quantitative estimate of drug-likeness (QED) is 0.472. The average molecular weight is 409 g/mol. The first kappa shape index (κ1) is 18.6. The first-order valence-electron chi connectivity index (χ1n) is 8.50. The number of amides is 1. The third-order valence-electron chi connectivity index (χ3n) is 4.10. The number of ether oxygens (including phenoxy) is 2. The van der Waals surface area contributed by atoms with Gasteiger partial charge in [0.1, 0.15) is 10.6 Å². The van der Waals surface area contributed by atoms with Crippen LogP contribution >= 0.6 is 11.3 Å². The standard InChI is InChI=1S/C20H15N3O5S/c1-11-8-17-22-19(24)13(18(21)23(17)28-11)9-12-5-6-14(15(10-12)26-2)27-20(25)16-4-3-7-29-16/h3-10,21H,1-2H3/b13-9-,21-18?. The molecule has 0 radical (unpaired) electrons. The highest BCUT2D eigenvalue weighted by Gasteiger charge is 2.34. The van der Waals surface area contributed by atoms with Crippen LogP contribution in [0.1, 0.15) is 22.2 Å². The molecule has 2 aliphatic rings. The largest absolute Gasteiger partial charge is 0.493 e. The normalized spacial score (nSPS) is 16.9. The van der Waals surface area contributed by atoms with Crippen molar-refractivity contribution in [2.45, 2.75) is 6.92 Å². The topological polar surface area (TPSA) is 101 Å². The second kappa shape index (κ2) is 7.36. The number of allylic oxidation sites excluding steroid dienone is 1. The summed E-state index contributed by atoms with van der Waals surface area (Å²) in [5.74, 6) is 0.260. The molecular weight excluding hydrogens is 394 g/mol. The Morgan fingerprint density at radius 1 is 1.31 bits per heavy atom. The molecule has 4 rings (SSSR count). The lowest BCUT2D eigenvalue weighted by Gasteiger charge is -2.23. The number of hydroxylamine groups is 2. The molecule has 2 aromatic rings. The Balaban J connectivity index is 1.61. The van der Waals surface area contributed by atoms with Gasteiger partial charge in [-0.2, -0.15) is 4.99 Å². The lowest BCUT2D eigenvalue weighted by molar-refractivity contribution is -0.114. The second-order valence-electron chi connectivity index (χ2n) is 6.10. The Labute approximate surface area is 169 Å². The zero-order chi connectivity index (χ0) is 20.5. The van der Waals surface area contributed by atoms with E-state index < -0.39 is 11.9 Å². The van der Waals surface area contributed by atoms with Crippen molar-refractivity contribution >= 4 is 41.0 Å². The van der Waals surface area contributed by atoms with Crippen molar-refractivity contribution in [3.63, 3.8) is 0 Å². The molecule has 0 fully saturated rings. The van der Waals surface area contributed by atoms with Gasteiger partial charge in [-0.3, -0.25) is 10.2 Å². The molecule has 8 nitrogen and oxygen atoms in total. The van der Waals surface area contributed by atoms with Crippen LogP contribution in [0.3, 0.4) is 0 Å². The number of amidine groups is 2. The fourth-order valence-corrected chi connectivity index (χ4v) is 3.37. The van der Waals surface area contributed by atoms with Crippen LogP contribution in [0.4, 0.5) is 0 Å². The van der Waals surface area contributed by atoms with Crippen molar-refractivity contribution in [2.24, 2.45) is 4.99 Å². The van der Waals surface area contributed by atoms with Gasteiger partial charge in [0.15, 0.2) is 23.2 Å². The summed E-state index contributed by atoms with van der Waals surface area (Å²) >= 11 is 1.28. The number of fused-ring (bicyclic) bond motifs is 1. The number of benzene rings is 1. The highest BCUT2D eigenvalue weighted by Crippen LogP contribution is 2.31. The summed E-state index contributed by atoms with van der Waals surface area (Å²) in [5, 5.41) is 11.2. The molecule has 0 atom stereocenters. The number of carbonyl (C=O) groups excluding carboxylic acids is 2. The minimum Gasteiger partial charge on any atom is -0.493 e. The highest BCUT2D eigenvalue weighted by molar-refractivity contribution is 7.12. The van der Waals surface area contributed by atoms with Crippen LogP contribution < -0.4 is 9.47 Å². The van der Waals surface area contributed by atoms with E-state index >= 15 is 0 Å². The molecule has 0 saturated heterocycles. The van der Waals surface area contributed by atoms with Crippen molar-refractivity contribution in [3.05, 3.63) is 63.6 Å². The predicted octanol–water partition coefficient (Wildman–Crippen LogP) is 3.43. The smallest absolute Gasteiger partial charge is 0.353 e. The molecule has 29 heavy (non-hydrogen) atoms. The van der Waals surface area contributed by atoms with Crippen LogP contribution in [0.2, 0.25) is 0 Å². The van der Waals surface area contributed by atoms with Gasteiger partial charge in [0.25, 0.3) is 5.91 Å². The maximum atomic E-state index is 12.3. The molecule has 1 N–H and O–H groups in total. The fourth-order valence-electron chi connectivity index (χ4n) is 2.77. The summed E-state index contributed by atoms with van der Waals surface area (Å²) in [4.78, 5) is 34.3. The molecule has 0 bridgehead atoms. The van der Waals surface area contributed by atoms with Gasteiger partial charge in [0.2, 0.25) is 0 Å². The van der Waals surface area contributed by atoms with E-state index in [4.69, 9.17) is 19.7 Å². The van der Waals surface area contributed by atoms with Crippen molar-refractivity contribution in [1.82, 2.24) is 5.06 Å². The van der Waals surface area contributed by atoms with Crippen LogP contribution in [0, 0.1) is 5.41 Å². The number of nitrogens with one attached hydrogen (secondary N) is 1. The predicted molar refractivity (Wildman–Crippen MR) is 107 cm³/mol. The molecule has 0 saturated carbocycles. The maximum Gasteiger partial charge on any atom is 0.353 e. The highest BCUT2D eigenvalue weighted by atomic mass is 32.1. The monoisotopic (exact) mass is 409 g/mol. The minimum absolute atomic E-state index is 0.0715. The molecule has 1 amide bonds. The summed E-state index contributed by atoms with van der Waals surface area (Å²) in [6.45, 7) is 1.71. The molecule has 0 aliphatic carbocycles. The number of nitrogens with zero attached hydrogens (tertiary/aromatic N) is 2. The van der Waals surface area contributed by atoms with Crippen molar-refractivity contribution in [1.29, 1.82) is 5.41 Å². The Hall–Kier alpha value is -3.72. The summed E-state index contributed by atoms with van der Waals surface area (Å²) in [7, 11) is 1.45. The number of thiophene rings is 1. The van der Waals surface area contributed by atoms with E-state index in [-0.39, 0.29) is 23.0 Å². The molecule has 0 unspecified atom stereocenters. The SMILES string of the molecule is COc1cc(/C=C2/C(=N)N3OC(C)=CC3=NC2=O)ccc1OC(=O)c1cccs1. The maximum absolute atomic E-state index is 12.3. The Bertz CT molecular complexity index is 1120. The minimum atomic E-state index is -0.539. The number of carbonyl (C=O) groups is 2. The summed E-state index contributed by atoms with van der Waals surface area (Å²) in [5.41, 5.74) is 0.649. The molecule has 146 valence electrons. The summed E-state index contributed by atoms with van der Waals surface area (Å²) in [6.07, 6.45) is 3.10. The number of hydrogen-bond acceptors (Lipinski definition) is 7. The Kier molecular flexibility index (Phi) is 4.73. The number of aliphatic imine (C=N–C) groups is 1. The Morgan fingerprint density at radius 2 is 2.14 bits per heavy atom. The van der Waals surface area contributed by atoms with Crippen LogP contribution in [0.25, 0.3) is 6.08 Å². The van der Waals surface area contributed by atoms with E-state index in [0.717, 1.165) is 0 Å². The second-order valence-corrected chi connectivity index (χ2v) is 7.05. The van der Waals surface area contributed by atoms with E-state index in [0.29, 0.717) is 21.9 Å². The van der Waals surface area contributed by atoms with Gasteiger partial charge in [-0.15, -0.1) is 16.4 Å². The third-order valence-corrected chi connectivity index (χ3v) is 4.95. The van der Waals surface area contributed by atoms with Gasteiger partial charge in [-0.25, -0.2) is 4.79 Å². The number of rotatable bonds is 4. The van der Waals surface area contributed by atoms with E-state index in [1.165, 1.54) is 29.6 Å². The molecule has 0 spiro atoms. The van der Waals surface area contributed by atoms with Crippen LogP contribution in [0.15, 0.2) is 58.1 Å². The average Bonchev–Trinajstić information content (AvgIpc) is 3.35. The van der Waals surface area contributed by atoms with E-state index in [9.17, 15) is 9.59 Å². The molecule has 1 aromatic carbocycles. The van der Waals surface area contributed by atoms with Crippen molar-refractivity contribution < 1.29 is 23.9 Å². The number of hydrogen-bond donors (Lipinski definition) is 1.